The highest BCUT2D eigenvalue weighted by atomic mass is 16.2. The molecule has 1 fully saturated rings. The molecule has 0 bridgehead atoms. The van der Waals surface area contributed by atoms with E-state index in [4.69, 9.17) is 0 Å². The van der Waals surface area contributed by atoms with E-state index in [0.717, 1.165) is 43.3 Å². The minimum Gasteiger partial charge on any atom is -0.352 e. The van der Waals surface area contributed by atoms with E-state index in [1.165, 1.54) is 11.1 Å². The number of carbonyl (C=O) groups excluding carboxylic acids is 1. The number of anilines is 1. The van der Waals surface area contributed by atoms with Crippen LogP contribution in [0.15, 0.2) is 30.3 Å². The highest BCUT2D eigenvalue weighted by Crippen LogP contribution is 2.23. The average Bonchev–Trinajstić information content (AvgIpc) is 2.61. The van der Waals surface area contributed by atoms with Crippen molar-refractivity contribution < 1.29 is 4.79 Å². The molecule has 0 N–H and O–H groups in total. The Morgan fingerprint density at radius 2 is 1.72 bits per heavy atom. The molecule has 3 rings (SSSR count). The number of aromatic nitrogens is 2. The maximum atomic E-state index is 12.1. The second-order valence-electron chi connectivity index (χ2n) is 7.06. The van der Waals surface area contributed by atoms with Gasteiger partial charge >= 0.3 is 0 Å². The van der Waals surface area contributed by atoms with Crippen molar-refractivity contribution >= 4 is 11.7 Å². The van der Waals surface area contributed by atoms with Gasteiger partial charge in [-0.05, 0) is 31.5 Å². The number of rotatable bonds is 3. The van der Waals surface area contributed by atoms with Crippen molar-refractivity contribution in [2.24, 2.45) is 5.92 Å². The van der Waals surface area contributed by atoms with Gasteiger partial charge in [0.25, 0.3) is 0 Å². The van der Waals surface area contributed by atoms with Gasteiger partial charge < -0.3 is 9.80 Å². The highest BCUT2D eigenvalue weighted by molar-refractivity contribution is 5.78. The molecule has 0 radical (unpaired) electrons. The summed E-state index contributed by atoms with van der Waals surface area (Å²) >= 11 is 0. The summed E-state index contributed by atoms with van der Waals surface area (Å²) in [5, 5.41) is 8.84. The van der Waals surface area contributed by atoms with E-state index in [1.807, 2.05) is 30.9 Å². The Morgan fingerprint density at radius 3 is 2.28 bits per heavy atom. The maximum Gasteiger partial charge on any atom is 0.225 e. The topological polar surface area (TPSA) is 49.3 Å². The molecule has 132 valence electrons. The number of hydrogen-bond donors (Lipinski definition) is 0. The fourth-order valence-corrected chi connectivity index (χ4v) is 3.26. The van der Waals surface area contributed by atoms with E-state index in [1.54, 1.807) is 0 Å². The number of carbonyl (C=O) groups is 1. The van der Waals surface area contributed by atoms with Crippen molar-refractivity contribution in [2.75, 3.05) is 31.1 Å². The lowest BCUT2D eigenvalue weighted by Gasteiger charge is -2.36. The number of hydrogen-bond acceptors (Lipinski definition) is 4. The number of amides is 1. The molecule has 0 saturated carbocycles. The standard InChI is InChI=1S/C20H26N4O/c1-14(2)20(25)24-11-9-23(10-12-24)19-8-7-18(21-22-19)17-6-5-15(3)13-16(17)4/h5-8,13-14H,9-12H2,1-4H3. The van der Waals surface area contributed by atoms with Crippen LogP contribution in [0.4, 0.5) is 5.82 Å². The fraction of sp³-hybridized carbons (Fsp3) is 0.450. The van der Waals surface area contributed by atoms with Crippen molar-refractivity contribution in [1.29, 1.82) is 0 Å². The van der Waals surface area contributed by atoms with Gasteiger partial charge in [-0.25, -0.2) is 0 Å². The quantitative estimate of drug-likeness (QED) is 0.863. The van der Waals surface area contributed by atoms with Crippen LogP contribution in [-0.2, 0) is 4.79 Å². The summed E-state index contributed by atoms with van der Waals surface area (Å²) in [6.07, 6.45) is 0. The van der Waals surface area contributed by atoms with E-state index < -0.39 is 0 Å². The molecule has 0 unspecified atom stereocenters. The molecule has 5 nitrogen and oxygen atoms in total. The van der Waals surface area contributed by atoms with Crippen LogP contribution in [0.3, 0.4) is 0 Å². The normalized spacial score (nSPS) is 14.9. The van der Waals surface area contributed by atoms with Crippen molar-refractivity contribution in [3.8, 4) is 11.3 Å². The van der Waals surface area contributed by atoms with Crippen LogP contribution in [-0.4, -0.2) is 47.2 Å². The Balaban J connectivity index is 1.68. The second kappa shape index (κ2) is 7.21. The largest absolute Gasteiger partial charge is 0.352 e. The summed E-state index contributed by atoms with van der Waals surface area (Å²) in [6.45, 7) is 11.2. The second-order valence-corrected chi connectivity index (χ2v) is 7.06. The summed E-state index contributed by atoms with van der Waals surface area (Å²) in [4.78, 5) is 16.2. The Morgan fingerprint density at radius 1 is 1.00 bits per heavy atom. The lowest BCUT2D eigenvalue weighted by Crippen LogP contribution is -2.50. The molecule has 1 aliphatic rings. The molecule has 1 saturated heterocycles. The third-order valence-electron chi connectivity index (χ3n) is 4.72. The predicted octanol–water partition coefficient (Wildman–Crippen LogP) is 3.07. The van der Waals surface area contributed by atoms with Gasteiger partial charge in [-0.1, -0.05) is 37.6 Å². The van der Waals surface area contributed by atoms with Crippen LogP contribution in [0, 0.1) is 19.8 Å². The average molecular weight is 338 g/mol. The molecule has 25 heavy (non-hydrogen) atoms. The van der Waals surface area contributed by atoms with Crippen LogP contribution in [0.5, 0.6) is 0 Å². The summed E-state index contributed by atoms with van der Waals surface area (Å²) in [7, 11) is 0. The van der Waals surface area contributed by atoms with Gasteiger partial charge in [0.2, 0.25) is 5.91 Å². The van der Waals surface area contributed by atoms with Crippen LogP contribution < -0.4 is 4.90 Å². The molecule has 0 aliphatic carbocycles. The Hall–Kier alpha value is -2.43. The summed E-state index contributed by atoms with van der Waals surface area (Å²) < 4.78 is 0. The zero-order chi connectivity index (χ0) is 18.0. The molecule has 2 heterocycles. The minimum atomic E-state index is 0.0587. The van der Waals surface area contributed by atoms with Crippen LogP contribution in [0.2, 0.25) is 0 Å². The van der Waals surface area contributed by atoms with Crippen LogP contribution in [0.1, 0.15) is 25.0 Å². The predicted molar refractivity (Wildman–Crippen MR) is 101 cm³/mol. The highest BCUT2D eigenvalue weighted by Gasteiger charge is 2.23. The first kappa shape index (κ1) is 17.4. The molecular weight excluding hydrogens is 312 g/mol. The van der Waals surface area contributed by atoms with E-state index in [0.29, 0.717) is 0 Å². The van der Waals surface area contributed by atoms with Gasteiger partial charge in [-0.3, -0.25) is 4.79 Å². The number of benzene rings is 1. The van der Waals surface area contributed by atoms with Gasteiger partial charge in [0.1, 0.15) is 0 Å². The number of piperazine rings is 1. The molecule has 1 aromatic heterocycles. The van der Waals surface area contributed by atoms with Gasteiger partial charge in [0, 0.05) is 37.7 Å². The molecular formula is C20H26N4O. The Labute approximate surface area is 149 Å². The third kappa shape index (κ3) is 3.81. The molecule has 0 atom stereocenters. The monoisotopic (exact) mass is 338 g/mol. The first-order chi connectivity index (χ1) is 12.0. The zero-order valence-corrected chi connectivity index (χ0v) is 15.5. The maximum absolute atomic E-state index is 12.1. The molecule has 1 amide bonds. The van der Waals surface area contributed by atoms with Gasteiger partial charge in [0.15, 0.2) is 5.82 Å². The smallest absolute Gasteiger partial charge is 0.225 e. The Bertz CT molecular complexity index is 747. The number of aryl methyl sites for hydroxylation is 2. The van der Waals surface area contributed by atoms with E-state index in [2.05, 4.69) is 47.1 Å². The third-order valence-corrected chi connectivity index (χ3v) is 4.72. The molecule has 5 heteroatoms. The van der Waals surface area contributed by atoms with E-state index in [-0.39, 0.29) is 11.8 Å². The summed E-state index contributed by atoms with van der Waals surface area (Å²) in [6, 6.07) is 10.4. The summed E-state index contributed by atoms with van der Waals surface area (Å²) in [5.74, 6) is 1.17. The molecule has 0 spiro atoms. The zero-order valence-electron chi connectivity index (χ0n) is 15.5. The van der Waals surface area contributed by atoms with Gasteiger partial charge in [-0.2, -0.15) is 0 Å². The fourth-order valence-electron chi connectivity index (χ4n) is 3.26. The molecule has 2 aromatic rings. The van der Waals surface area contributed by atoms with Crippen molar-refractivity contribution in [3.05, 3.63) is 41.5 Å². The first-order valence-corrected chi connectivity index (χ1v) is 8.91. The minimum absolute atomic E-state index is 0.0587. The lowest BCUT2D eigenvalue weighted by molar-refractivity contribution is -0.134. The van der Waals surface area contributed by atoms with E-state index >= 15 is 0 Å². The van der Waals surface area contributed by atoms with E-state index in [9.17, 15) is 4.79 Å². The van der Waals surface area contributed by atoms with Gasteiger partial charge in [-0.15, -0.1) is 10.2 Å². The first-order valence-electron chi connectivity index (χ1n) is 8.91. The molecule has 1 aromatic carbocycles. The van der Waals surface area contributed by atoms with Crippen LogP contribution >= 0.6 is 0 Å². The van der Waals surface area contributed by atoms with Crippen LogP contribution in [0.25, 0.3) is 11.3 Å². The Kier molecular flexibility index (Phi) is 5.02. The van der Waals surface area contributed by atoms with Crippen molar-refractivity contribution in [1.82, 2.24) is 15.1 Å². The van der Waals surface area contributed by atoms with Crippen molar-refractivity contribution in [3.63, 3.8) is 0 Å². The lowest BCUT2D eigenvalue weighted by atomic mass is 10.0. The molecule has 1 aliphatic heterocycles. The van der Waals surface area contributed by atoms with Gasteiger partial charge in [0.05, 0.1) is 5.69 Å². The SMILES string of the molecule is Cc1ccc(-c2ccc(N3CCN(C(=O)C(C)C)CC3)nn2)c(C)c1. The summed E-state index contributed by atoms with van der Waals surface area (Å²) in [5.41, 5.74) is 4.48. The number of nitrogens with zero attached hydrogens (tertiary/aromatic N) is 4. The van der Waals surface area contributed by atoms with Crippen molar-refractivity contribution in [2.45, 2.75) is 27.7 Å².